The Hall–Kier alpha value is -4.44. The van der Waals surface area contributed by atoms with E-state index in [1.165, 1.54) is 4.90 Å². The third kappa shape index (κ3) is 6.19. The van der Waals surface area contributed by atoms with Crippen molar-refractivity contribution in [3.8, 4) is 11.5 Å². The maximum absolute atomic E-state index is 13.7. The van der Waals surface area contributed by atoms with E-state index in [0.717, 1.165) is 32.2 Å². The first-order chi connectivity index (χ1) is 20.7. The van der Waals surface area contributed by atoms with Gasteiger partial charge in [0.1, 0.15) is 23.9 Å². The molecule has 43 heavy (non-hydrogen) atoms. The molecule has 0 bridgehead atoms. The standard InChI is InChI=1S/C33H32BrN5O4/c1-33(2,3)43-32(41)39-19-26-27(17-28(39)31(40)42-20-22-12-8-5-9-13-22)38(18-21-10-6-4-7-11-21)30(35-26)29-24-15-14-23(34)16-25(24)36-37-29/h4-16,28H,17-20H2,1-3H3,(H,36,37)/t28-/m0/s1. The predicted molar refractivity (Wildman–Crippen MR) is 166 cm³/mol. The van der Waals surface area contributed by atoms with Crippen LogP contribution < -0.4 is 0 Å². The van der Waals surface area contributed by atoms with E-state index in [2.05, 4.69) is 42.8 Å². The number of nitrogens with one attached hydrogen (secondary N) is 1. The number of halogens is 1. The average Bonchev–Trinajstić information content (AvgIpc) is 3.55. The van der Waals surface area contributed by atoms with E-state index in [4.69, 9.17) is 14.5 Å². The molecular formula is C33H32BrN5O4. The van der Waals surface area contributed by atoms with Gasteiger partial charge in [-0.3, -0.25) is 10.00 Å². The number of aromatic amines is 1. The number of esters is 1. The Morgan fingerprint density at radius 1 is 1.00 bits per heavy atom. The van der Waals surface area contributed by atoms with Gasteiger partial charge in [-0.2, -0.15) is 5.10 Å². The number of carbonyl (C=O) groups excluding carboxylic acids is 2. The zero-order chi connectivity index (χ0) is 30.1. The molecular weight excluding hydrogens is 610 g/mol. The van der Waals surface area contributed by atoms with Gasteiger partial charge in [0.2, 0.25) is 0 Å². The third-order valence-corrected chi connectivity index (χ3v) is 7.78. The molecule has 10 heteroatoms. The van der Waals surface area contributed by atoms with Crippen molar-refractivity contribution in [1.82, 2.24) is 24.6 Å². The van der Waals surface area contributed by atoms with Crippen molar-refractivity contribution in [2.75, 3.05) is 0 Å². The van der Waals surface area contributed by atoms with E-state index in [1.807, 2.05) is 66.7 Å². The van der Waals surface area contributed by atoms with Gasteiger partial charge >= 0.3 is 12.1 Å². The summed E-state index contributed by atoms with van der Waals surface area (Å²) in [4.78, 5) is 33.6. The number of hydrogen-bond acceptors (Lipinski definition) is 6. The van der Waals surface area contributed by atoms with E-state index in [9.17, 15) is 9.59 Å². The summed E-state index contributed by atoms with van der Waals surface area (Å²) >= 11 is 3.53. The van der Waals surface area contributed by atoms with E-state index >= 15 is 0 Å². The van der Waals surface area contributed by atoms with Crippen LogP contribution in [0.1, 0.15) is 43.3 Å². The van der Waals surface area contributed by atoms with E-state index in [0.29, 0.717) is 23.8 Å². The summed E-state index contributed by atoms with van der Waals surface area (Å²) < 4.78 is 14.5. The molecule has 1 amide bonds. The maximum atomic E-state index is 13.7. The van der Waals surface area contributed by atoms with Gasteiger partial charge in [-0.05, 0) is 50.1 Å². The Labute approximate surface area is 258 Å². The normalized spacial score (nSPS) is 14.9. The Kier molecular flexibility index (Phi) is 7.79. The number of carbonyl (C=O) groups is 2. The van der Waals surface area contributed by atoms with E-state index in [-0.39, 0.29) is 19.6 Å². The summed E-state index contributed by atoms with van der Waals surface area (Å²) in [5, 5.41) is 8.68. The van der Waals surface area contributed by atoms with Crippen LogP contribution in [-0.4, -0.2) is 48.4 Å². The van der Waals surface area contributed by atoms with Gasteiger partial charge in [0.15, 0.2) is 5.82 Å². The minimum absolute atomic E-state index is 0.0953. The van der Waals surface area contributed by atoms with Crippen molar-refractivity contribution in [3.63, 3.8) is 0 Å². The number of benzene rings is 3. The maximum Gasteiger partial charge on any atom is 0.411 e. The van der Waals surface area contributed by atoms with Crippen LogP contribution >= 0.6 is 15.9 Å². The van der Waals surface area contributed by atoms with E-state index in [1.54, 1.807) is 20.8 Å². The first kappa shape index (κ1) is 28.7. The lowest BCUT2D eigenvalue weighted by Crippen LogP contribution is -2.51. The van der Waals surface area contributed by atoms with Crippen molar-refractivity contribution in [2.45, 2.75) is 58.5 Å². The van der Waals surface area contributed by atoms with Crippen LogP contribution in [0.15, 0.2) is 83.3 Å². The second-order valence-corrected chi connectivity index (χ2v) is 12.5. The van der Waals surface area contributed by atoms with Gasteiger partial charge in [-0.25, -0.2) is 14.6 Å². The lowest BCUT2D eigenvalue weighted by molar-refractivity contribution is -0.152. The quantitative estimate of drug-likeness (QED) is 0.209. The molecule has 3 aromatic carbocycles. The highest BCUT2D eigenvalue weighted by Gasteiger charge is 2.41. The highest BCUT2D eigenvalue weighted by atomic mass is 79.9. The highest BCUT2D eigenvalue weighted by Crippen LogP contribution is 2.34. The smallest absolute Gasteiger partial charge is 0.411 e. The van der Waals surface area contributed by atoms with Crippen molar-refractivity contribution in [1.29, 1.82) is 0 Å². The highest BCUT2D eigenvalue weighted by molar-refractivity contribution is 9.10. The van der Waals surface area contributed by atoms with Gasteiger partial charge < -0.3 is 14.0 Å². The molecule has 1 atom stereocenters. The summed E-state index contributed by atoms with van der Waals surface area (Å²) in [5.74, 6) is 0.161. The van der Waals surface area contributed by atoms with Crippen LogP contribution in [-0.2, 0) is 40.4 Å². The lowest BCUT2D eigenvalue weighted by atomic mass is 10.0. The molecule has 1 aliphatic heterocycles. The van der Waals surface area contributed by atoms with Crippen LogP contribution in [0.5, 0.6) is 0 Å². The molecule has 0 saturated heterocycles. The summed E-state index contributed by atoms with van der Waals surface area (Å²) in [6.45, 7) is 6.12. The molecule has 0 aliphatic carbocycles. The summed E-state index contributed by atoms with van der Waals surface area (Å²) in [6.07, 6.45) is -0.371. The predicted octanol–water partition coefficient (Wildman–Crippen LogP) is 6.64. The van der Waals surface area contributed by atoms with Crippen LogP contribution in [0, 0.1) is 0 Å². The number of ether oxygens (including phenoxy) is 2. The third-order valence-electron chi connectivity index (χ3n) is 7.28. The zero-order valence-electron chi connectivity index (χ0n) is 24.2. The average molecular weight is 643 g/mol. The molecule has 0 fully saturated rings. The molecule has 6 rings (SSSR count). The van der Waals surface area contributed by atoms with Crippen molar-refractivity contribution in [2.24, 2.45) is 0 Å². The van der Waals surface area contributed by atoms with Crippen LogP contribution in [0.25, 0.3) is 22.4 Å². The fraction of sp³-hybridized carbons (Fsp3) is 0.273. The Morgan fingerprint density at radius 2 is 1.70 bits per heavy atom. The minimum Gasteiger partial charge on any atom is -0.459 e. The molecule has 0 saturated carbocycles. The van der Waals surface area contributed by atoms with E-state index < -0.39 is 23.7 Å². The second kappa shape index (κ2) is 11.7. The van der Waals surface area contributed by atoms with Crippen LogP contribution in [0.4, 0.5) is 4.79 Å². The minimum atomic E-state index is -0.892. The van der Waals surface area contributed by atoms with Gasteiger partial charge in [0.05, 0.1) is 17.8 Å². The van der Waals surface area contributed by atoms with Crippen LogP contribution in [0.2, 0.25) is 0 Å². The number of amides is 1. The van der Waals surface area contributed by atoms with Gasteiger partial charge in [-0.15, -0.1) is 0 Å². The number of nitrogens with zero attached hydrogens (tertiary/aromatic N) is 4. The zero-order valence-corrected chi connectivity index (χ0v) is 25.8. The monoisotopic (exact) mass is 641 g/mol. The second-order valence-electron chi connectivity index (χ2n) is 11.6. The fourth-order valence-corrected chi connectivity index (χ4v) is 5.64. The first-order valence-electron chi connectivity index (χ1n) is 14.1. The number of rotatable bonds is 6. The molecule has 9 nitrogen and oxygen atoms in total. The molecule has 5 aromatic rings. The SMILES string of the molecule is CC(C)(C)OC(=O)N1Cc2nc(-c3n[nH]c4cc(Br)ccc34)n(Cc3ccccc3)c2C[C@H]1C(=O)OCc1ccccc1. The van der Waals surface area contributed by atoms with Gasteiger partial charge in [0.25, 0.3) is 0 Å². The number of hydrogen-bond donors (Lipinski definition) is 1. The largest absolute Gasteiger partial charge is 0.459 e. The number of aromatic nitrogens is 4. The molecule has 0 unspecified atom stereocenters. The summed E-state index contributed by atoms with van der Waals surface area (Å²) in [5.41, 5.74) is 4.31. The Morgan fingerprint density at radius 3 is 2.40 bits per heavy atom. The molecule has 3 heterocycles. The van der Waals surface area contributed by atoms with Gasteiger partial charge in [-0.1, -0.05) is 76.6 Å². The molecule has 220 valence electrons. The lowest BCUT2D eigenvalue weighted by Gasteiger charge is -2.35. The Balaban J connectivity index is 1.42. The fourth-order valence-electron chi connectivity index (χ4n) is 5.28. The van der Waals surface area contributed by atoms with Crippen molar-refractivity contribution in [3.05, 3.63) is 106 Å². The number of imidazole rings is 1. The van der Waals surface area contributed by atoms with Crippen LogP contribution in [0.3, 0.4) is 0 Å². The topological polar surface area (TPSA) is 102 Å². The first-order valence-corrected chi connectivity index (χ1v) is 14.9. The molecule has 2 aromatic heterocycles. The summed E-state index contributed by atoms with van der Waals surface area (Å²) in [6, 6.07) is 24.6. The molecule has 1 aliphatic rings. The van der Waals surface area contributed by atoms with Crippen molar-refractivity contribution < 1.29 is 19.1 Å². The number of fused-ring (bicyclic) bond motifs is 2. The summed E-state index contributed by atoms with van der Waals surface area (Å²) in [7, 11) is 0. The molecule has 1 N–H and O–H groups in total. The van der Waals surface area contributed by atoms with Crippen molar-refractivity contribution >= 4 is 38.9 Å². The number of H-pyrrole nitrogens is 1. The molecule has 0 radical (unpaired) electrons. The van der Waals surface area contributed by atoms with Gasteiger partial charge in [0, 0.05) is 28.5 Å². The Bertz CT molecular complexity index is 1780. The molecule has 0 spiro atoms.